The summed E-state index contributed by atoms with van der Waals surface area (Å²) in [6.07, 6.45) is 5.60. The molecule has 0 atom stereocenters. The number of aromatic nitrogens is 2. The standard InChI is InChI=1S/C17H20N4O/c22-17(15-5-1-3-9-18-15)20-13-14-7-11-21(12-8-14)16-6-2-4-10-19-16/h1-6,9-10,14H,7-8,11-13H2,(H,20,22). The molecule has 0 unspecified atom stereocenters. The predicted molar refractivity (Wildman–Crippen MR) is 85.7 cm³/mol. The first-order valence-electron chi connectivity index (χ1n) is 7.68. The van der Waals surface area contributed by atoms with E-state index in [-0.39, 0.29) is 5.91 Å². The van der Waals surface area contributed by atoms with Gasteiger partial charge in [0.15, 0.2) is 0 Å². The Morgan fingerprint density at radius 3 is 2.45 bits per heavy atom. The maximum absolute atomic E-state index is 12.0. The van der Waals surface area contributed by atoms with E-state index in [1.807, 2.05) is 36.5 Å². The van der Waals surface area contributed by atoms with Gasteiger partial charge in [-0.3, -0.25) is 9.78 Å². The van der Waals surface area contributed by atoms with Crippen molar-refractivity contribution >= 4 is 11.7 Å². The van der Waals surface area contributed by atoms with Crippen molar-refractivity contribution in [3.8, 4) is 0 Å². The largest absolute Gasteiger partial charge is 0.357 e. The van der Waals surface area contributed by atoms with Gasteiger partial charge in [0.1, 0.15) is 11.5 Å². The lowest BCUT2D eigenvalue weighted by Gasteiger charge is -2.32. The third-order valence-corrected chi connectivity index (χ3v) is 4.04. The molecule has 1 N–H and O–H groups in total. The van der Waals surface area contributed by atoms with E-state index in [0.717, 1.165) is 31.7 Å². The molecule has 2 aromatic heterocycles. The van der Waals surface area contributed by atoms with Gasteiger partial charge >= 0.3 is 0 Å². The minimum absolute atomic E-state index is 0.0900. The van der Waals surface area contributed by atoms with E-state index < -0.39 is 0 Å². The molecule has 0 radical (unpaired) electrons. The number of amides is 1. The Balaban J connectivity index is 1.45. The van der Waals surface area contributed by atoms with Gasteiger partial charge < -0.3 is 10.2 Å². The van der Waals surface area contributed by atoms with Crippen molar-refractivity contribution in [3.63, 3.8) is 0 Å². The molecule has 1 aliphatic heterocycles. The summed E-state index contributed by atoms with van der Waals surface area (Å²) in [7, 11) is 0. The second kappa shape index (κ2) is 7.02. The van der Waals surface area contributed by atoms with Crippen molar-refractivity contribution in [1.29, 1.82) is 0 Å². The molecule has 0 aromatic carbocycles. The van der Waals surface area contributed by atoms with Crippen LogP contribution >= 0.6 is 0 Å². The highest BCUT2D eigenvalue weighted by atomic mass is 16.1. The third-order valence-electron chi connectivity index (χ3n) is 4.04. The molecule has 3 rings (SSSR count). The molecule has 1 fully saturated rings. The van der Waals surface area contributed by atoms with Gasteiger partial charge in [0.2, 0.25) is 0 Å². The van der Waals surface area contributed by atoms with Crippen LogP contribution in [-0.2, 0) is 0 Å². The lowest BCUT2D eigenvalue weighted by molar-refractivity contribution is 0.0940. The highest BCUT2D eigenvalue weighted by Gasteiger charge is 2.20. The van der Waals surface area contributed by atoms with E-state index in [1.54, 1.807) is 12.3 Å². The second-order valence-corrected chi connectivity index (χ2v) is 5.54. The fourth-order valence-corrected chi connectivity index (χ4v) is 2.73. The number of carbonyl (C=O) groups is 1. The summed E-state index contributed by atoms with van der Waals surface area (Å²) < 4.78 is 0. The van der Waals surface area contributed by atoms with E-state index in [2.05, 4.69) is 20.2 Å². The number of pyridine rings is 2. The molecule has 1 amide bonds. The molecule has 22 heavy (non-hydrogen) atoms. The Morgan fingerprint density at radius 2 is 1.82 bits per heavy atom. The molecule has 0 aliphatic carbocycles. The SMILES string of the molecule is O=C(NCC1CCN(c2ccccn2)CC1)c1ccccn1. The Bertz CT molecular complexity index is 595. The summed E-state index contributed by atoms with van der Waals surface area (Å²) in [5.74, 6) is 1.47. The quantitative estimate of drug-likeness (QED) is 0.939. The number of piperidine rings is 1. The molecule has 0 spiro atoms. The number of anilines is 1. The second-order valence-electron chi connectivity index (χ2n) is 5.54. The van der Waals surface area contributed by atoms with E-state index in [9.17, 15) is 4.79 Å². The predicted octanol–water partition coefficient (Wildman–Crippen LogP) is 2.12. The molecule has 5 heteroatoms. The van der Waals surface area contributed by atoms with Crippen molar-refractivity contribution < 1.29 is 4.79 Å². The molecule has 2 aromatic rings. The summed E-state index contributed by atoms with van der Waals surface area (Å²) >= 11 is 0. The van der Waals surface area contributed by atoms with Gasteiger partial charge in [-0.05, 0) is 43.0 Å². The van der Waals surface area contributed by atoms with Crippen LogP contribution in [0.4, 0.5) is 5.82 Å². The zero-order valence-electron chi connectivity index (χ0n) is 12.5. The summed E-state index contributed by atoms with van der Waals surface area (Å²) in [5, 5.41) is 2.99. The van der Waals surface area contributed by atoms with Gasteiger partial charge in [-0.15, -0.1) is 0 Å². The number of nitrogens with one attached hydrogen (secondary N) is 1. The molecule has 1 saturated heterocycles. The molecule has 0 saturated carbocycles. The summed E-state index contributed by atoms with van der Waals surface area (Å²) in [4.78, 5) is 22.7. The van der Waals surface area contributed by atoms with Gasteiger partial charge in [-0.2, -0.15) is 0 Å². The van der Waals surface area contributed by atoms with Crippen LogP contribution in [0.2, 0.25) is 0 Å². The Hall–Kier alpha value is -2.43. The molecule has 3 heterocycles. The first-order valence-corrected chi connectivity index (χ1v) is 7.68. The van der Waals surface area contributed by atoms with Crippen LogP contribution in [0.1, 0.15) is 23.3 Å². The van der Waals surface area contributed by atoms with Crippen molar-refractivity contribution in [2.24, 2.45) is 5.92 Å². The lowest BCUT2D eigenvalue weighted by Crippen LogP contribution is -2.39. The summed E-state index contributed by atoms with van der Waals surface area (Å²) in [6.45, 7) is 2.69. The van der Waals surface area contributed by atoms with Crippen molar-refractivity contribution in [2.75, 3.05) is 24.5 Å². The van der Waals surface area contributed by atoms with E-state index in [0.29, 0.717) is 18.2 Å². The van der Waals surface area contributed by atoms with Crippen LogP contribution in [0.3, 0.4) is 0 Å². The Morgan fingerprint density at radius 1 is 1.09 bits per heavy atom. The van der Waals surface area contributed by atoms with E-state index in [4.69, 9.17) is 0 Å². The van der Waals surface area contributed by atoms with Crippen LogP contribution in [0.25, 0.3) is 0 Å². The van der Waals surface area contributed by atoms with Gasteiger partial charge in [0.25, 0.3) is 5.91 Å². The average Bonchev–Trinajstić information content (AvgIpc) is 2.61. The van der Waals surface area contributed by atoms with Gasteiger partial charge in [-0.1, -0.05) is 12.1 Å². The monoisotopic (exact) mass is 296 g/mol. The number of nitrogens with zero attached hydrogens (tertiary/aromatic N) is 3. The molecular weight excluding hydrogens is 276 g/mol. The fraction of sp³-hybridized carbons (Fsp3) is 0.353. The van der Waals surface area contributed by atoms with Crippen molar-refractivity contribution in [3.05, 3.63) is 54.5 Å². The fourth-order valence-electron chi connectivity index (χ4n) is 2.73. The average molecular weight is 296 g/mol. The Kier molecular flexibility index (Phi) is 4.63. The van der Waals surface area contributed by atoms with Crippen LogP contribution < -0.4 is 10.2 Å². The van der Waals surface area contributed by atoms with Crippen molar-refractivity contribution in [1.82, 2.24) is 15.3 Å². The highest BCUT2D eigenvalue weighted by molar-refractivity contribution is 5.92. The maximum atomic E-state index is 12.0. The van der Waals surface area contributed by atoms with Crippen molar-refractivity contribution in [2.45, 2.75) is 12.8 Å². The maximum Gasteiger partial charge on any atom is 0.269 e. The van der Waals surface area contributed by atoms with E-state index >= 15 is 0 Å². The van der Waals surface area contributed by atoms with Gasteiger partial charge in [0.05, 0.1) is 0 Å². The number of carbonyl (C=O) groups excluding carboxylic acids is 1. The van der Waals surface area contributed by atoms with Crippen LogP contribution in [-0.4, -0.2) is 35.5 Å². The third kappa shape index (κ3) is 3.61. The molecular formula is C17H20N4O. The van der Waals surface area contributed by atoms with Crippen LogP contribution in [0.5, 0.6) is 0 Å². The summed E-state index contributed by atoms with van der Waals surface area (Å²) in [6, 6.07) is 11.4. The minimum atomic E-state index is -0.0900. The molecule has 5 nitrogen and oxygen atoms in total. The molecule has 1 aliphatic rings. The first-order chi connectivity index (χ1) is 10.8. The zero-order valence-corrected chi connectivity index (χ0v) is 12.5. The lowest BCUT2D eigenvalue weighted by atomic mass is 9.96. The van der Waals surface area contributed by atoms with Gasteiger partial charge in [-0.25, -0.2) is 4.98 Å². The normalized spacial score (nSPS) is 15.5. The first kappa shape index (κ1) is 14.5. The summed E-state index contributed by atoms with van der Waals surface area (Å²) in [5.41, 5.74) is 0.480. The van der Waals surface area contributed by atoms with E-state index in [1.165, 1.54) is 0 Å². The Labute approximate surface area is 130 Å². The highest BCUT2D eigenvalue weighted by Crippen LogP contribution is 2.20. The number of hydrogen-bond donors (Lipinski definition) is 1. The molecule has 0 bridgehead atoms. The minimum Gasteiger partial charge on any atom is -0.357 e. The topological polar surface area (TPSA) is 58.1 Å². The zero-order chi connectivity index (χ0) is 15.2. The van der Waals surface area contributed by atoms with Gasteiger partial charge in [0, 0.05) is 32.0 Å². The number of rotatable bonds is 4. The smallest absolute Gasteiger partial charge is 0.269 e. The molecule has 114 valence electrons. The number of hydrogen-bond acceptors (Lipinski definition) is 4. The van der Waals surface area contributed by atoms with Crippen LogP contribution in [0.15, 0.2) is 48.8 Å². The van der Waals surface area contributed by atoms with Crippen LogP contribution in [0, 0.1) is 5.92 Å².